The number of nitrogens with one attached hydrogen (secondary N) is 1. The number of aromatic nitrogens is 1. The lowest BCUT2D eigenvalue weighted by Crippen LogP contribution is -2.35. The van der Waals surface area contributed by atoms with E-state index in [2.05, 4.69) is 31.1 Å². The highest BCUT2D eigenvalue weighted by atomic mass is 79.9. The van der Waals surface area contributed by atoms with Crippen LogP contribution in [0.25, 0.3) is 0 Å². The zero-order valence-electron chi connectivity index (χ0n) is 12.4. The summed E-state index contributed by atoms with van der Waals surface area (Å²) in [6, 6.07) is 0. The molecular formula is C14H21BrN4O2. The second-order valence-corrected chi connectivity index (χ2v) is 6.28. The Kier molecular flexibility index (Phi) is 5.52. The summed E-state index contributed by atoms with van der Waals surface area (Å²) in [5.41, 5.74) is 0.705. The normalized spacial score (nSPS) is 16.2. The van der Waals surface area contributed by atoms with E-state index in [-0.39, 0.29) is 10.6 Å². The van der Waals surface area contributed by atoms with E-state index in [1.165, 1.54) is 12.6 Å². The number of nitrogens with zero attached hydrogens (tertiary/aromatic N) is 3. The van der Waals surface area contributed by atoms with Crippen LogP contribution < -0.4 is 10.2 Å². The van der Waals surface area contributed by atoms with Gasteiger partial charge < -0.3 is 10.2 Å². The Labute approximate surface area is 133 Å². The molecule has 2 rings (SSSR count). The average Bonchev–Trinajstić information content (AvgIpc) is 2.48. The van der Waals surface area contributed by atoms with Crippen molar-refractivity contribution in [1.29, 1.82) is 0 Å². The molecule has 1 aromatic rings. The Morgan fingerprint density at radius 1 is 1.52 bits per heavy atom. The first kappa shape index (κ1) is 16.2. The standard InChI is InChI=1S/C14H21BrN4O2/c1-10-12(19(20)21)9-17-14(13(10)15)18-7-4-11(5-8-18)3-6-16-2/h9,11,16H,3-8H2,1-2H3. The number of piperidine rings is 1. The third-order valence-corrected chi connectivity index (χ3v) is 5.08. The van der Waals surface area contributed by atoms with Gasteiger partial charge in [0.05, 0.1) is 9.40 Å². The van der Waals surface area contributed by atoms with Gasteiger partial charge in [-0.1, -0.05) is 0 Å². The van der Waals surface area contributed by atoms with Crippen LogP contribution >= 0.6 is 15.9 Å². The minimum atomic E-state index is -0.388. The second kappa shape index (κ2) is 7.17. The third kappa shape index (κ3) is 3.71. The smallest absolute Gasteiger partial charge is 0.291 e. The van der Waals surface area contributed by atoms with E-state index in [0.29, 0.717) is 5.56 Å². The first-order valence-electron chi connectivity index (χ1n) is 7.23. The van der Waals surface area contributed by atoms with E-state index in [0.717, 1.165) is 48.7 Å². The van der Waals surface area contributed by atoms with E-state index < -0.39 is 0 Å². The molecule has 1 aliphatic rings. The number of hydrogen-bond acceptors (Lipinski definition) is 5. The molecule has 0 bridgehead atoms. The van der Waals surface area contributed by atoms with E-state index in [1.807, 2.05) is 7.05 Å². The SMILES string of the molecule is CNCCC1CCN(c2ncc([N+](=O)[O-])c(C)c2Br)CC1. The van der Waals surface area contributed by atoms with E-state index in [9.17, 15) is 10.1 Å². The third-order valence-electron chi connectivity index (χ3n) is 4.13. The summed E-state index contributed by atoms with van der Waals surface area (Å²) in [7, 11) is 1.98. The van der Waals surface area contributed by atoms with Gasteiger partial charge in [0.25, 0.3) is 5.69 Å². The molecule has 7 heteroatoms. The highest BCUT2D eigenvalue weighted by Gasteiger charge is 2.24. The molecule has 1 aliphatic heterocycles. The fourth-order valence-electron chi connectivity index (χ4n) is 2.74. The van der Waals surface area contributed by atoms with Gasteiger partial charge in [-0.3, -0.25) is 10.1 Å². The zero-order valence-corrected chi connectivity index (χ0v) is 14.0. The summed E-state index contributed by atoms with van der Waals surface area (Å²) in [6.07, 6.45) is 4.86. The Morgan fingerprint density at radius 2 is 2.19 bits per heavy atom. The lowest BCUT2D eigenvalue weighted by molar-refractivity contribution is -0.385. The number of nitro groups is 1. The number of pyridine rings is 1. The molecule has 21 heavy (non-hydrogen) atoms. The topological polar surface area (TPSA) is 71.3 Å². The van der Waals surface area contributed by atoms with Gasteiger partial charge in [0.2, 0.25) is 0 Å². The van der Waals surface area contributed by atoms with Crippen molar-refractivity contribution in [2.45, 2.75) is 26.2 Å². The first-order chi connectivity index (χ1) is 10.0. The highest BCUT2D eigenvalue weighted by molar-refractivity contribution is 9.10. The van der Waals surface area contributed by atoms with Crippen LogP contribution in [0, 0.1) is 23.0 Å². The summed E-state index contributed by atoms with van der Waals surface area (Å²) in [5, 5.41) is 14.1. The predicted molar refractivity (Wildman–Crippen MR) is 86.8 cm³/mol. The Hall–Kier alpha value is -1.21. The molecule has 0 radical (unpaired) electrons. The van der Waals surface area contributed by atoms with E-state index in [1.54, 1.807) is 6.92 Å². The van der Waals surface area contributed by atoms with Crippen molar-refractivity contribution in [3.63, 3.8) is 0 Å². The van der Waals surface area contributed by atoms with Crippen LogP contribution in [-0.4, -0.2) is 36.6 Å². The predicted octanol–water partition coefficient (Wildman–Crippen LogP) is 2.89. The molecule has 0 atom stereocenters. The minimum Gasteiger partial charge on any atom is -0.356 e. The van der Waals surface area contributed by atoms with Gasteiger partial charge >= 0.3 is 0 Å². The highest BCUT2D eigenvalue weighted by Crippen LogP contribution is 2.34. The van der Waals surface area contributed by atoms with Crippen LogP contribution in [0.1, 0.15) is 24.8 Å². The van der Waals surface area contributed by atoms with Gasteiger partial charge in [-0.05, 0) is 61.6 Å². The first-order valence-corrected chi connectivity index (χ1v) is 8.03. The Morgan fingerprint density at radius 3 is 2.76 bits per heavy atom. The van der Waals surface area contributed by atoms with Gasteiger partial charge in [-0.25, -0.2) is 4.98 Å². The molecular weight excluding hydrogens is 336 g/mol. The number of rotatable bonds is 5. The van der Waals surface area contributed by atoms with Crippen LogP contribution in [0.2, 0.25) is 0 Å². The van der Waals surface area contributed by atoms with Crippen molar-refractivity contribution in [3.8, 4) is 0 Å². The van der Waals surface area contributed by atoms with Crippen LogP contribution in [-0.2, 0) is 0 Å². The Balaban J connectivity index is 2.07. The van der Waals surface area contributed by atoms with Gasteiger partial charge in [0.15, 0.2) is 0 Å². The van der Waals surface area contributed by atoms with Crippen LogP contribution in [0.3, 0.4) is 0 Å². The maximum Gasteiger partial charge on any atom is 0.291 e. The van der Waals surface area contributed by atoms with Crippen molar-refractivity contribution in [3.05, 3.63) is 26.3 Å². The molecule has 116 valence electrons. The molecule has 1 saturated heterocycles. The maximum atomic E-state index is 10.9. The maximum absolute atomic E-state index is 10.9. The van der Waals surface area contributed by atoms with Gasteiger partial charge in [-0.2, -0.15) is 0 Å². The average molecular weight is 357 g/mol. The summed E-state index contributed by atoms with van der Waals surface area (Å²) in [6.45, 7) is 4.73. The molecule has 0 aromatic carbocycles. The van der Waals surface area contributed by atoms with Crippen molar-refractivity contribution in [2.75, 3.05) is 31.6 Å². The van der Waals surface area contributed by atoms with Crippen LogP contribution in [0.4, 0.5) is 11.5 Å². The largest absolute Gasteiger partial charge is 0.356 e. The number of anilines is 1. The second-order valence-electron chi connectivity index (χ2n) is 5.49. The Bertz CT molecular complexity index is 516. The lowest BCUT2D eigenvalue weighted by atomic mass is 9.93. The fourth-order valence-corrected chi connectivity index (χ4v) is 3.30. The van der Waals surface area contributed by atoms with Crippen molar-refractivity contribution in [2.24, 2.45) is 5.92 Å². The molecule has 0 unspecified atom stereocenters. The lowest BCUT2D eigenvalue weighted by Gasteiger charge is -2.33. The quantitative estimate of drug-likeness (QED) is 0.648. The minimum absolute atomic E-state index is 0.0644. The van der Waals surface area contributed by atoms with Crippen LogP contribution in [0.5, 0.6) is 0 Å². The van der Waals surface area contributed by atoms with E-state index in [4.69, 9.17) is 0 Å². The number of halogens is 1. The monoisotopic (exact) mass is 356 g/mol. The molecule has 1 fully saturated rings. The molecule has 0 aliphatic carbocycles. The molecule has 0 amide bonds. The molecule has 0 spiro atoms. The summed E-state index contributed by atoms with van der Waals surface area (Å²) < 4.78 is 0.741. The molecule has 2 heterocycles. The van der Waals surface area contributed by atoms with E-state index >= 15 is 0 Å². The van der Waals surface area contributed by atoms with Gasteiger partial charge in [-0.15, -0.1) is 0 Å². The fraction of sp³-hybridized carbons (Fsp3) is 0.643. The van der Waals surface area contributed by atoms with Crippen LogP contribution in [0.15, 0.2) is 10.7 Å². The van der Waals surface area contributed by atoms with Crippen molar-refractivity contribution >= 4 is 27.4 Å². The summed E-state index contributed by atoms with van der Waals surface area (Å²) in [5.74, 6) is 1.58. The molecule has 1 N–H and O–H groups in total. The van der Waals surface area contributed by atoms with Crippen molar-refractivity contribution in [1.82, 2.24) is 10.3 Å². The molecule has 1 aromatic heterocycles. The van der Waals surface area contributed by atoms with Gasteiger partial charge in [0.1, 0.15) is 12.0 Å². The van der Waals surface area contributed by atoms with Gasteiger partial charge in [0, 0.05) is 18.7 Å². The summed E-state index contributed by atoms with van der Waals surface area (Å²) >= 11 is 3.47. The van der Waals surface area contributed by atoms with Crippen molar-refractivity contribution < 1.29 is 4.92 Å². The summed E-state index contributed by atoms with van der Waals surface area (Å²) in [4.78, 5) is 17.1. The number of hydrogen-bond donors (Lipinski definition) is 1. The zero-order chi connectivity index (χ0) is 15.4. The molecule has 0 saturated carbocycles. The molecule has 6 nitrogen and oxygen atoms in total.